The van der Waals surface area contributed by atoms with Crippen LogP contribution in [0.2, 0.25) is 5.02 Å². The minimum atomic E-state index is -4.23. The molecule has 1 aliphatic rings. The van der Waals surface area contributed by atoms with Gasteiger partial charge in [0, 0.05) is 22.6 Å². The largest absolute Gasteiger partial charge is 0.393 e. The molecule has 4 aromatic rings. The zero-order chi connectivity index (χ0) is 23.4. The molecule has 0 amide bonds. The van der Waals surface area contributed by atoms with E-state index in [9.17, 15) is 13.2 Å². The number of anilines is 2. The maximum Gasteiger partial charge on any atom is 0.393 e. The molecule has 5 rings (SSSR count). The van der Waals surface area contributed by atoms with Crippen LogP contribution in [-0.4, -0.2) is 32.3 Å². The molecular weight excluding hydrogens is 451 g/mol. The predicted octanol–water partition coefficient (Wildman–Crippen LogP) is 6.54. The number of hydrogen-bond acceptors (Lipinski definition) is 4. The SMILES string of the molecule is CC(C)(CCc1cccc2c1CCCN2c1nc2nncn2c2cc(Cl)ccc12)C(F)(F)F. The first-order valence-corrected chi connectivity index (χ1v) is 11.3. The lowest BCUT2D eigenvalue weighted by Crippen LogP contribution is -2.32. The van der Waals surface area contributed by atoms with Gasteiger partial charge in [0.15, 0.2) is 0 Å². The monoisotopic (exact) mass is 473 g/mol. The van der Waals surface area contributed by atoms with Gasteiger partial charge in [-0.05, 0) is 61.1 Å². The lowest BCUT2D eigenvalue weighted by Gasteiger charge is -2.33. The number of fused-ring (bicyclic) bond motifs is 4. The number of halogens is 4. The number of rotatable bonds is 4. The summed E-state index contributed by atoms with van der Waals surface area (Å²) in [4.78, 5) is 6.93. The number of alkyl halides is 3. The molecule has 0 saturated carbocycles. The van der Waals surface area contributed by atoms with Crippen LogP contribution in [-0.2, 0) is 12.8 Å². The van der Waals surface area contributed by atoms with Crippen molar-refractivity contribution in [1.29, 1.82) is 0 Å². The molecule has 0 bridgehead atoms. The van der Waals surface area contributed by atoms with Gasteiger partial charge in [0.05, 0.1) is 10.9 Å². The van der Waals surface area contributed by atoms with Gasteiger partial charge in [-0.1, -0.05) is 37.6 Å². The fourth-order valence-corrected chi connectivity index (χ4v) is 4.64. The van der Waals surface area contributed by atoms with E-state index in [1.54, 1.807) is 10.7 Å². The number of aryl methyl sites for hydroxylation is 1. The molecule has 0 fully saturated rings. The molecule has 0 radical (unpaired) electrons. The highest BCUT2D eigenvalue weighted by Gasteiger charge is 2.46. The number of benzene rings is 2. The Morgan fingerprint density at radius 2 is 1.94 bits per heavy atom. The molecule has 2 aromatic carbocycles. The van der Waals surface area contributed by atoms with Crippen molar-refractivity contribution in [1.82, 2.24) is 19.6 Å². The molecule has 0 N–H and O–H groups in total. The summed E-state index contributed by atoms with van der Waals surface area (Å²) in [5.74, 6) is 1.21. The zero-order valence-corrected chi connectivity index (χ0v) is 19.1. The third kappa shape index (κ3) is 3.80. The summed E-state index contributed by atoms with van der Waals surface area (Å²) in [6.07, 6.45) is -0.511. The normalized spacial score (nSPS) is 14.8. The summed E-state index contributed by atoms with van der Waals surface area (Å²) in [6.45, 7) is 3.28. The van der Waals surface area contributed by atoms with E-state index in [-0.39, 0.29) is 6.42 Å². The predicted molar refractivity (Wildman–Crippen MR) is 123 cm³/mol. The van der Waals surface area contributed by atoms with Gasteiger partial charge in [-0.2, -0.15) is 18.2 Å². The van der Waals surface area contributed by atoms with Crippen LogP contribution in [0.5, 0.6) is 0 Å². The maximum atomic E-state index is 13.4. The Kier molecular flexibility index (Phi) is 5.23. The van der Waals surface area contributed by atoms with Gasteiger partial charge in [0.2, 0.25) is 0 Å². The Balaban J connectivity index is 1.58. The van der Waals surface area contributed by atoms with Crippen molar-refractivity contribution in [3.8, 4) is 0 Å². The summed E-state index contributed by atoms with van der Waals surface area (Å²) in [6, 6.07) is 11.5. The van der Waals surface area contributed by atoms with Gasteiger partial charge in [-0.3, -0.25) is 4.40 Å². The third-order valence-electron chi connectivity index (χ3n) is 6.59. The Morgan fingerprint density at radius 3 is 2.73 bits per heavy atom. The molecule has 2 aromatic heterocycles. The van der Waals surface area contributed by atoms with Crippen LogP contribution in [0, 0.1) is 5.41 Å². The topological polar surface area (TPSA) is 46.3 Å². The van der Waals surface area contributed by atoms with Crippen LogP contribution in [0.4, 0.5) is 24.7 Å². The van der Waals surface area contributed by atoms with E-state index >= 15 is 0 Å². The second-order valence-corrected chi connectivity index (χ2v) is 9.59. The molecule has 0 saturated heterocycles. The van der Waals surface area contributed by atoms with Gasteiger partial charge in [-0.15, -0.1) is 10.2 Å². The molecule has 172 valence electrons. The van der Waals surface area contributed by atoms with E-state index in [1.165, 1.54) is 13.8 Å². The Hall–Kier alpha value is -2.87. The van der Waals surface area contributed by atoms with Crippen molar-refractivity contribution in [2.24, 2.45) is 5.41 Å². The number of nitrogens with zero attached hydrogens (tertiary/aromatic N) is 5. The first-order chi connectivity index (χ1) is 15.7. The van der Waals surface area contributed by atoms with Crippen molar-refractivity contribution in [3.63, 3.8) is 0 Å². The molecular formula is C24H23ClF3N5. The zero-order valence-electron chi connectivity index (χ0n) is 18.3. The quantitative estimate of drug-likeness (QED) is 0.338. The number of aromatic nitrogens is 4. The molecule has 5 nitrogen and oxygen atoms in total. The van der Waals surface area contributed by atoms with Crippen LogP contribution in [0.25, 0.3) is 16.7 Å². The van der Waals surface area contributed by atoms with E-state index in [0.717, 1.165) is 52.9 Å². The highest BCUT2D eigenvalue weighted by molar-refractivity contribution is 6.31. The third-order valence-corrected chi connectivity index (χ3v) is 6.82. The van der Waals surface area contributed by atoms with E-state index < -0.39 is 11.6 Å². The van der Waals surface area contributed by atoms with Crippen molar-refractivity contribution >= 4 is 39.8 Å². The Bertz CT molecular complexity index is 1350. The molecule has 3 heterocycles. The lowest BCUT2D eigenvalue weighted by molar-refractivity contribution is -0.213. The molecule has 33 heavy (non-hydrogen) atoms. The van der Waals surface area contributed by atoms with Crippen molar-refractivity contribution < 1.29 is 13.2 Å². The Morgan fingerprint density at radius 1 is 1.12 bits per heavy atom. The molecule has 0 unspecified atom stereocenters. The highest BCUT2D eigenvalue weighted by Crippen LogP contribution is 2.43. The van der Waals surface area contributed by atoms with Crippen molar-refractivity contribution in [3.05, 3.63) is 58.9 Å². The van der Waals surface area contributed by atoms with Crippen molar-refractivity contribution in [2.45, 2.75) is 45.7 Å². The summed E-state index contributed by atoms with van der Waals surface area (Å²) in [7, 11) is 0. The summed E-state index contributed by atoms with van der Waals surface area (Å²) in [5.41, 5.74) is 2.15. The van der Waals surface area contributed by atoms with Gasteiger partial charge < -0.3 is 4.90 Å². The summed E-state index contributed by atoms with van der Waals surface area (Å²) in [5, 5.41) is 9.63. The first kappa shape index (κ1) is 21.9. The van der Waals surface area contributed by atoms with Crippen LogP contribution in [0.1, 0.15) is 37.8 Å². The average Bonchev–Trinajstić information content (AvgIpc) is 3.25. The Labute approximate surface area is 194 Å². The second-order valence-electron chi connectivity index (χ2n) is 9.15. The van der Waals surface area contributed by atoms with Gasteiger partial charge in [0.25, 0.3) is 5.78 Å². The number of hydrogen-bond donors (Lipinski definition) is 0. The van der Waals surface area contributed by atoms with E-state index in [1.807, 2.05) is 36.4 Å². The molecule has 0 aliphatic carbocycles. The van der Waals surface area contributed by atoms with E-state index in [4.69, 9.17) is 16.6 Å². The summed E-state index contributed by atoms with van der Waals surface area (Å²) >= 11 is 6.26. The fraction of sp³-hybridized carbons (Fsp3) is 0.375. The molecule has 0 spiro atoms. The molecule has 0 atom stereocenters. The minimum Gasteiger partial charge on any atom is -0.325 e. The highest BCUT2D eigenvalue weighted by atomic mass is 35.5. The van der Waals surface area contributed by atoms with Gasteiger partial charge >= 0.3 is 6.18 Å². The van der Waals surface area contributed by atoms with Gasteiger partial charge in [0.1, 0.15) is 12.1 Å². The summed E-state index contributed by atoms with van der Waals surface area (Å²) < 4.78 is 42.0. The first-order valence-electron chi connectivity index (χ1n) is 10.9. The lowest BCUT2D eigenvalue weighted by atomic mass is 9.83. The van der Waals surface area contributed by atoms with E-state index in [2.05, 4.69) is 15.1 Å². The van der Waals surface area contributed by atoms with Crippen LogP contribution in [0.3, 0.4) is 0 Å². The molecule has 9 heteroatoms. The van der Waals surface area contributed by atoms with Gasteiger partial charge in [-0.25, -0.2) is 0 Å². The van der Waals surface area contributed by atoms with Crippen molar-refractivity contribution in [2.75, 3.05) is 11.4 Å². The molecule has 1 aliphatic heterocycles. The average molecular weight is 474 g/mol. The van der Waals surface area contributed by atoms with Crippen LogP contribution >= 0.6 is 11.6 Å². The van der Waals surface area contributed by atoms with Crippen LogP contribution in [0.15, 0.2) is 42.7 Å². The fourth-order valence-electron chi connectivity index (χ4n) is 4.47. The minimum absolute atomic E-state index is 0.0400. The van der Waals surface area contributed by atoms with E-state index in [0.29, 0.717) is 17.2 Å². The van der Waals surface area contributed by atoms with Crippen LogP contribution < -0.4 is 4.90 Å². The maximum absolute atomic E-state index is 13.4. The smallest absolute Gasteiger partial charge is 0.325 e. The standard InChI is InChI=1S/C24H23ClF3N5/c1-23(2,24(26,27)28)11-10-15-5-3-7-19-17(15)6-4-12-32(19)21-18-9-8-16(25)13-20(18)33-14-29-31-22(33)30-21/h3,5,7-9,13-14H,4,6,10-12H2,1-2H3. The second kappa shape index (κ2) is 7.87.